The van der Waals surface area contributed by atoms with Crippen LogP contribution in [-0.4, -0.2) is 15.8 Å². The lowest BCUT2D eigenvalue weighted by Gasteiger charge is -2.10. The van der Waals surface area contributed by atoms with Crippen molar-refractivity contribution in [1.82, 2.24) is 0 Å². The summed E-state index contributed by atoms with van der Waals surface area (Å²) in [6.45, 7) is 4.06. The van der Waals surface area contributed by atoms with Crippen LogP contribution in [-0.2, 0) is 10.7 Å². The van der Waals surface area contributed by atoms with E-state index in [2.05, 4.69) is 5.32 Å². The van der Waals surface area contributed by atoms with E-state index < -0.39 is 7.60 Å². The van der Waals surface area contributed by atoms with Crippen molar-refractivity contribution < 1.29 is 14.4 Å². The molecule has 1 rings (SSSR count). The van der Waals surface area contributed by atoms with Gasteiger partial charge in [-0.2, -0.15) is 0 Å². The molecule has 1 aromatic rings. The summed E-state index contributed by atoms with van der Waals surface area (Å²) >= 11 is 0. The molecule has 15 heavy (non-hydrogen) atoms. The van der Waals surface area contributed by atoms with Gasteiger partial charge < -0.3 is 15.1 Å². The predicted octanol–water partition coefficient (Wildman–Crippen LogP) is 2.18. The summed E-state index contributed by atoms with van der Waals surface area (Å²) in [7, 11) is -3.95. The molecule has 3 N–H and O–H groups in total. The van der Waals surface area contributed by atoms with E-state index in [4.69, 9.17) is 9.79 Å². The highest BCUT2D eigenvalue weighted by atomic mass is 31.2. The van der Waals surface area contributed by atoms with Crippen molar-refractivity contribution in [1.29, 1.82) is 0 Å². The van der Waals surface area contributed by atoms with Crippen molar-refractivity contribution >= 4 is 13.3 Å². The van der Waals surface area contributed by atoms with Gasteiger partial charge in [0.15, 0.2) is 0 Å². The molecule has 0 aliphatic rings. The normalized spacial score (nSPS) is 11.8. The van der Waals surface area contributed by atoms with Gasteiger partial charge >= 0.3 is 7.60 Å². The zero-order valence-corrected chi connectivity index (χ0v) is 9.74. The lowest BCUT2D eigenvalue weighted by molar-refractivity contribution is 0.371. The lowest BCUT2D eigenvalue weighted by atomic mass is 10.2. The summed E-state index contributed by atoms with van der Waals surface area (Å²) in [4.78, 5) is 17.6. The molecule has 84 valence electrons. The van der Waals surface area contributed by atoms with Crippen LogP contribution in [0.4, 0.5) is 5.69 Å². The zero-order chi connectivity index (χ0) is 11.5. The Bertz CT molecular complexity index is 355. The second-order valence-corrected chi connectivity index (χ2v) is 5.46. The average molecular weight is 229 g/mol. The summed E-state index contributed by atoms with van der Waals surface area (Å²) in [6.07, 6.45) is -0.199. The molecule has 0 aromatic heterocycles. The van der Waals surface area contributed by atoms with E-state index in [1.54, 1.807) is 12.1 Å². The number of rotatable bonds is 4. The molecule has 0 fully saturated rings. The van der Waals surface area contributed by atoms with Crippen LogP contribution in [0.1, 0.15) is 19.4 Å². The Hall–Kier alpha value is -0.830. The van der Waals surface area contributed by atoms with Gasteiger partial charge in [-0.1, -0.05) is 12.1 Å². The summed E-state index contributed by atoms with van der Waals surface area (Å²) in [5, 5.41) is 3.20. The van der Waals surface area contributed by atoms with Crippen LogP contribution in [0.5, 0.6) is 0 Å². The van der Waals surface area contributed by atoms with Crippen molar-refractivity contribution in [3.05, 3.63) is 29.8 Å². The molecule has 0 amide bonds. The number of hydrogen-bond donors (Lipinski definition) is 3. The first-order chi connectivity index (χ1) is 6.87. The first-order valence-corrected chi connectivity index (χ1v) is 6.56. The van der Waals surface area contributed by atoms with Crippen LogP contribution < -0.4 is 5.32 Å². The van der Waals surface area contributed by atoms with Crippen LogP contribution in [0.25, 0.3) is 0 Å². The fourth-order valence-electron chi connectivity index (χ4n) is 1.28. The highest BCUT2D eigenvalue weighted by molar-refractivity contribution is 7.50. The van der Waals surface area contributed by atoms with Gasteiger partial charge in [-0.3, -0.25) is 4.57 Å². The largest absolute Gasteiger partial charge is 0.383 e. The molecule has 5 heteroatoms. The first-order valence-electron chi connectivity index (χ1n) is 4.77. The molecule has 4 nitrogen and oxygen atoms in total. The molecular formula is C10H16NO3P. The average Bonchev–Trinajstić information content (AvgIpc) is 2.05. The van der Waals surface area contributed by atoms with Crippen molar-refractivity contribution in [2.75, 3.05) is 5.32 Å². The van der Waals surface area contributed by atoms with Gasteiger partial charge in [0.2, 0.25) is 0 Å². The van der Waals surface area contributed by atoms with E-state index in [-0.39, 0.29) is 6.16 Å². The number of nitrogens with one attached hydrogen (secondary N) is 1. The summed E-state index contributed by atoms with van der Waals surface area (Å²) < 4.78 is 10.7. The molecule has 0 aliphatic heterocycles. The van der Waals surface area contributed by atoms with E-state index in [1.165, 1.54) is 0 Å². The minimum absolute atomic E-state index is 0.199. The molecule has 0 aliphatic carbocycles. The van der Waals surface area contributed by atoms with Crippen molar-refractivity contribution in [3.63, 3.8) is 0 Å². The second-order valence-electron chi connectivity index (χ2n) is 3.82. The maximum absolute atomic E-state index is 10.7. The van der Waals surface area contributed by atoms with Crippen molar-refractivity contribution in [3.8, 4) is 0 Å². The van der Waals surface area contributed by atoms with Crippen molar-refractivity contribution in [2.45, 2.75) is 26.1 Å². The molecule has 0 radical (unpaired) electrons. The van der Waals surface area contributed by atoms with E-state index in [0.717, 1.165) is 5.69 Å². The Labute approximate surface area is 89.5 Å². The van der Waals surface area contributed by atoms with Crippen LogP contribution in [0.2, 0.25) is 0 Å². The third-order valence-corrected chi connectivity index (χ3v) is 2.57. The molecule has 0 saturated carbocycles. The van der Waals surface area contributed by atoms with Gasteiger partial charge in [-0.25, -0.2) is 0 Å². The highest BCUT2D eigenvalue weighted by Crippen LogP contribution is 2.39. The SMILES string of the molecule is CC(C)Nc1ccc(CP(=O)(O)O)cc1. The van der Waals surface area contributed by atoms with E-state index in [9.17, 15) is 4.57 Å². The fourth-order valence-corrected chi connectivity index (χ4v) is 1.96. The highest BCUT2D eigenvalue weighted by Gasteiger charge is 2.13. The second kappa shape index (κ2) is 4.79. The summed E-state index contributed by atoms with van der Waals surface area (Å²) in [6, 6.07) is 7.45. The van der Waals surface area contributed by atoms with Gasteiger partial charge in [0, 0.05) is 11.7 Å². The lowest BCUT2D eigenvalue weighted by Crippen LogP contribution is -2.09. The molecule has 0 spiro atoms. The smallest absolute Gasteiger partial charge is 0.329 e. The summed E-state index contributed by atoms with van der Waals surface area (Å²) in [5.74, 6) is 0. The van der Waals surface area contributed by atoms with Gasteiger partial charge in [0.05, 0.1) is 6.16 Å². The quantitative estimate of drug-likeness (QED) is 0.692. The topological polar surface area (TPSA) is 69.6 Å². The third-order valence-electron chi connectivity index (χ3n) is 1.80. The number of benzene rings is 1. The molecule has 0 unspecified atom stereocenters. The Morgan fingerprint density at radius 2 is 1.80 bits per heavy atom. The number of anilines is 1. The fraction of sp³-hybridized carbons (Fsp3) is 0.400. The van der Waals surface area contributed by atoms with E-state index in [1.807, 2.05) is 26.0 Å². The molecule has 0 atom stereocenters. The Morgan fingerprint density at radius 1 is 1.27 bits per heavy atom. The van der Waals surface area contributed by atoms with E-state index in [0.29, 0.717) is 11.6 Å². The minimum atomic E-state index is -3.95. The third kappa shape index (κ3) is 4.98. The Kier molecular flexibility index (Phi) is 3.91. The van der Waals surface area contributed by atoms with Gasteiger partial charge in [-0.15, -0.1) is 0 Å². The standard InChI is InChI=1S/C10H16NO3P/c1-8(2)11-10-5-3-9(4-6-10)7-15(12,13)14/h3-6,8,11H,7H2,1-2H3,(H2,12,13,14). The predicted molar refractivity (Wildman–Crippen MR) is 60.9 cm³/mol. The molecule has 0 saturated heterocycles. The van der Waals surface area contributed by atoms with Crippen LogP contribution in [0, 0.1) is 0 Å². The Morgan fingerprint density at radius 3 is 2.20 bits per heavy atom. The molecule has 0 bridgehead atoms. The Balaban J connectivity index is 2.68. The molecular weight excluding hydrogens is 213 g/mol. The van der Waals surface area contributed by atoms with E-state index >= 15 is 0 Å². The van der Waals surface area contributed by atoms with Crippen LogP contribution >= 0.6 is 7.60 Å². The molecule has 0 heterocycles. The van der Waals surface area contributed by atoms with Crippen molar-refractivity contribution in [2.24, 2.45) is 0 Å². The summed E-state index contributed by atoms with van der Waals surface area (Å²) in [5.41, 5.74) is 1.61. The van der Waals surface area contributed by atoms with Gasteiger partial charge in [0.1, 0.15) is 0 Å². The van der Waals surface area contributed by atoms with Crippen LogP contribution in [0.15, 0.2) is 24.3 Å². The number of hydrogen-bond acceptors (Lipinski definition) is 2. The zero-order valence-electron chi connectivity index (χ0n) is 8.84. The minimum Gasteiger partial charge on any atom is -0.383 e. The maximum atomic E-state index is 10.7. The van der Waals surface area contributed by atoms with Gasteiger partial charge in [-0.05, 0) is 31.5 Å². The monoisotopic (exact) mass is 229 g/mol. The van der Waals surface area contributed by atoms with Gasteiger partial charge in [0.25, 0.3) is 0 Å². The van der Waals surface area contributed by atoms with Crippen LogP contribution in [0.3, 0.4) is 0 Å². The maximum Gasteiger partial charge on any atom is 0.329 e. The molecule has 1 aromatic carbocycles. The first kappa shape index (κ1) is 12.2.